The van der Waals surface area contributed by atoms with Crippen LogP contribution < -0.4 is 4.74 Å². The third-order valence-electron chi connectivity index (χ3n) is 6.26. The molecule has 0 bridgehead atoms. The molecular formula is C24H27F3N2O3. The monoisotopic (exact) mass is 448 g/mol. The Kier molecular flexibility index (Phi) is 6.98. The first-order valence-electron chi connectivity index (χ1n) is 11.1. The van der Waals surface area contributed by atoms with Gasteiger partial charge in [0, 0.05) is 18.3 Å². The fraction of sp³-hybridized carbons (Fsp3) is 0.500. The Bertz CT molecular complexity index is 911. The minimum atomic E-state index is -4.78. The molecule has 1 aliphatic carbocycles. The van der Waals surface area contributed by atoms with Gasteiger partial charge < -0.3 is 14.4 Å². The average Bonchev–Trinajstić information content (AvgIpc) is 2.78. The molecule has 1 amide bonds. The summed E-state index contributed by atoms with van der Waals surface area (Å²) in [5.74, 6) is 0.321. The van der Waals surface area contributed by atoms with Crippen LogP contribution >= 0.6 is 0 Å². The number of para-hydroxylation sites is 1. The minimum absolute atomic E-state index is 0.0370. The molecule has 8 heteroatoms. The number of carbonyl (C=O) groups is 1. The molecule has 4 rings (SSSR count). The molecule has 172 valence electrons. The normalized spacial score (nSPS) is 20.4. The van der Waals surface area contributed by atoms with Gasteiger partial charge >= 0.3 is 6.36 Å². The van der Waals surface area contributed by atoms with Gasteiger partial charge in [-0.2, -0.15) is 0 Å². The van der Waals surface area contributed by atoms with Crippen LogP contribution in [0.25, 0.3) is 11.3 Å². The summed E-state index contributed by atoms with van der Waals surface area (Å²) in [7, 11) is 0. The number of alkyl halides is 3. The number of morpholine rings is 1. The van der Waals surface area contributed by atoms with Crippen molar-refractivity contribution in [1.29, 1.82) is 0 Å². The number of aromatic nitrogens is 1. The van der Waals surface area contributed by atoms with E-state index in [1.54, 1.807) is 24.4 Å². The lowest BCUT2D eigenvalue weighted by atomic mass is 9.86. The van der Waals surface area contributed by atoms with Crippen molar-refractivity contribution in [2.24, 2.45) is 5.92 Å². The van der Waals surface area contributed by atoms with E-state index < -0.39 is 6.36 Å². The topological polar surface area (TPSA) is 51.7 Å². The number of rotatable bonds is 6. The predicted octanol–water partition coefficient (Wildman–Crippen LogP) is 5.52. The quantitative estimate of drug-likeness (QED) is 0.584. The van der Waals surface area contributed by atoms with Crippen molar-refractivity contribution in [3.05, 3.63) is 48.2 Å². The summed E-state index contributed by atoms with van der Waals surface area (Å²) in [5.41, 5.74) is 1.42. The summed E-state index contributed by atoms with van der Waals surface area (Å²) in [6.07, 6.45) is 4.07. The molecule has 2 fully saturated rings. The highest BCUT2D eigenvalue weighted by molar-refractivity contribution is 5.78. The Labute approximate surface area is 185 Å². The second kappa shape index (κ2) is 9.90. The zero-order valence-corrected chi connectivity index (χ0v) is 17.8. The number of hydrogen-bond acceptors (Lipinski definition) is 4. The lowest BCUT2D eigenvalue weighted by Crippen LogP contribution is -2.45. The van der Waals surface area contributed by atoms with E-state index in [1.165, 1.54) is 50.3 Å². The summed E-state index contributed by atoms with van der Waals surface area (Å²) in [5, 5.41) is 0. The Morgan fingerprint density at radius 3 is 2.59 bits per heavy atom. The fourth-order valence-electron chi connectivity index (χ4n) is 4.61. The number of pyridine rings is 1. The van der Waals surface area contributed by atoms with Crippen molar-refractivity contribution < 1.29 is 27.4 Å². The number of carbonyl (C=O) groups excluding carboxylic acids is 1. The highest BCUT2D eigenvalue weighted by Crippen LogP contribution is 2.34. The molecule has 1 saturated carbocycles. The van der Waals surface area contributed by atoms with Crippen LogP contribution in [0.1, 0.15) is 50.1 Å². The van der Waals surface area contributed by atoms with Crippen LogP contribution in [0.15, 0.2) is 42.6 Å². The molecule has 1 aromatic heterocycles. The SMILES string of the molecule is O=C1COCC(c2ccc(-c3ccccc3OC(F)(F)F)nc2)N1CCC1CCCCC1. The molecule has 0 spiro atoms. The number of amides is 1. The second-order valence-corrected chi connectivity index (χ2v) is 8.43. The van der Waals surface area contributed by atoms with Crippen LogP contribution in [0.3, 0.4) is 0 Å². The molecule has 0 N–H and O–H groups in total. The number of ether oxygens (including phenoxy) is 2. The van der Waals surface area contributed by atoms with E-state index in [0.717, 1.165) is 12.0 Å². The highest BCUT2D eigenvalue weighted by atomic mass is 19.4. The van der Waals surface area contributed by atoms with Gasteiger partial charge in [0.05, 0.1) is 18.3 Å². The first-order valence-corrected chi connectivity index (χ1v) is 11.1. The second-order valence-electron chi connectivity index (χ2n) is 8.43. The molecule has 1 saturated heterocycles. The first-order chi connectivity index (χ1) is 15.4. The highest BCUT2D eigenvalue weighted by Gasteiger charge is 2.33. The third kappa shape index (κ3) is 5.59. The summed E-state index contributed by atoms with van der Waals surface area (Å²) < 4.78 is 47.8. The van der Waals surface area contributed by atoms with Crippen molar-refractivity contribution in [3.63, 3.8) is 0 Å². The van der Waals surface area contributed by atoms with Crippen molar-refractivity contribution in [3.8, 4) is 17.0 Å². The summed E-state index contributed by atoms with van der Waals surface area (Å²) in [6.45, 7) is 1.14. The number of halogens is 3. The molecule has 2 aliphatic rings. The van der Waals surface area contributed by atoms with Gasteiger partial charge in [0.1, 0.15) is 12.4 Å². The smallest absolute Gasteiger partial charge is 0.405 e. The molecule has 2 heterocycles. The standard InChI is InChI=1S/C24H27F3N2O3/c25-24(26,27)32-22-9-5-4-8-19(22)20-11-10-18(14-28-20)21-15-31-16-23(30)29(21)13-12-17-6-2-1-3-7-17/h4-5,8-11,14,17,21H,1-3,6-7,12-13,15-16H2. The fourth-order valence-corrected chi connectivity index (χ4v) is 4.61. The van der Waals surface area contributed by atoms with E-state index in [4.69, 9.17) is 4.74 Å². The largest absolute Gasteiger partial charge is 0.573 e. The molecular weight excluding hydrogens is 421 g/mol. The van der Waals surface area contributed by atoms with Gasteiger partial charge in [-0.05, 0) is 36.1 Å². The van der Waals surface area contributed by atoms with Gasteiger partial charge in [0.25, 0.3) is 0 Å². The summed E-state index contributed by atoms with van der Waals surface area (Å²) in [6, 6.07) is 9.12. The van der Waals surface area contributed by atoms with E-state index >= 15 is 0 Å². The van der Waals surface area contributed by atoms with Crippen molar-refractivity contribution in [2.75, 3.05) is 19.8 Å². The van der Waals surface area contributed by atoms with Crippen LogP contribution in [0, 0.1) is 5.92 Å². The van der Waals surface area contributed by atoms with Crippen molar-refractivity contribution in [2.45, 2.75) is 50.9 Å². The predicted molar refractivity (Wildman–Crippen MR) is 113 cm³/mol. The molecule has 0 radical (unpaired) electrons. The molecule has 5 nitrogen and oxygen atoms in total. The molecule has 1 unspecified atom stereocenters. The molecule has 1 aromatic carbocycles. The van der Waals surface area contributed by atoms with Gasteiger partial charge in [0.15, 0.2) is 0 Å². The van der Waals surface area contributed by atoms with Crippen molar-refractivity contribution in [1.82, 2.24) is 9.88 Å². The van der Waals surface area contributed by atoms with E-state index in [2.05, 4.69) is 9.72 Å². The Hall–Kier alpha value is -2.61. The van der Waals surface area contributed by atoms with Gasteiger partial charge in [-0.1, -0.05) is 50.3 Å². The number of hydrogen-bond donors (Lipinski definition) is 0. The van der Waals surface area contributed by atoms with Crippen molar-refractivity contribution >= 4 is 5.91 Å². The Morgan fingerprint density at radius 2 is 1.88 bits per heavy atom. The first kappa shape index (κ1) is 22.6. The molecule has 2 aromatic rings. The maximum atomic E-state index is 12.7. The molecule has 32 heavy (non-hydrogen) atoms. The minimum Gasteiger partial charge on any atom is -0.405 e. The lowest BCUT2D eigenvalue weighted by molar-refractivity contribution is -0.274. The zero-order chi connectivity index (χ0) is 22.6. The van der Waals surface area contributed by atoms with Gasteiger partial charge in [-0.15, -0.1) is 13.2 Å². The average molecular weight is 448 g/mol. The van der Waals surface area contributed by atoms with Crippen LogP contribution in [-0.4, -0.2) is 41.9 Å². The van der Waals surface area contributed by atoms with E-state index in [1.807, 2.05) is 4.90 Å². The maximum absolute atomic E-state index is 12.7. The van der Waals surface area contributed by atoms with Crippen LogP contribution in [0.5, 0.6) is 5.75 Å². The van der Waals surface area contributed by atoms with Crippen LogP contribution in [0.2, 0.25) is 0 Å². The van der Waals surface area contributed by atoms with E-state index in [9.17, 15) is 18.0 Å². The van der Waals surface area contributed by atoms with Gasteiger partial charge in [0.2, 0.25) is 5.91 Å². The van der Waals surface area contributed by atoms with Crippen LogP contribution in [-0.2, 0) is 9.53 Å². The summed E-state index contributed by atoms with van der Waals surface area (Å²) >= 11 is 0. The van der Waals surface area contributed by atoms with Crippen LogP contribution in [0.4, 0.5) is 13.2 Å². The van der Waals surface area contributed by atoms with E-state index in [0.29, 0.717) is 24.8 Å². The maximum Gasteiger partial charge on any atom is 0.573 e. The van der Waals surface area contributed by atoms with Gasteiger partial charge in [-0.3, -0.25) is 9.78 Å². The lowest BCUT2D eigenvalue weighted by Gasteiger charge is -2.37. The van der Waals surface area contributed by atoms with Gasteiger partial charge in [-0.25, -0.2) is 0 Å². The molecule has 1 aliphatic heterocycles. The van der Waals surface area contributed by atoms with E-state index in [-0.39, 0.29) is 29.9 Å². The molecule has 1 atom stereocenters. The Morgan fingerprint density at radius 1 is 1.09 bits per heavy atom. The Balaban J connectivity index is 1.50. The number of benzene rings is 1. The zero-order valence-electron chi connectivity index (χ0n) is 17.8. The summed E-state index contributed by atoms with van der Waals surface area (Å²) in [4.78, 5) is 18.8. The third-order valence-corrected chi connectivity index (χ3v) is 6.26. The number of nitrogens with zero attached hydrogens (tertiary/aromatic N) is 2.